The van der Waals surface area contributed by atoms with Crippen molar-refractivity contribution in [2.24, 2.45) is 0 Å². The number of amides is 2. The molecular weight excluding hydrogens is 472 g/mol. The number of nitrogens with two attached hydrogens (primary N) is 1. The Hall–Kier alpha value is -3.72. The Bertz CT molecular complexity index is 1360. The Morgan fingerprint density at radius 2 is 1.81 bits per heavy atom. The van der Waals surface area contributed by atoms with Crippen molar-refractivity contribution in [3.05, 3.63) is 77.3 Å². The van der Waals surface area contributed by atoms with Gasteiger partial charge in [0.1, 0.15) is 5.82 Å². The summed E-state index contributed by atoms with van der Waals surface area (Å²) in [6, 6.07) is 15.0. The molecule has 186 valence electrons. The van der Waals surface area contributed by atoms with E-state index in [0.717, 1.165) is 38.0 Å². The van der Waals surface area contributed by atoms with Crippen LogP contribution in [0.2, 0.25) is 0 Å². The first kappa shape index (κ1) is 25.4. The summed E-state index contributed by atoms with van der Waals surface area (Å²) in [6.45, 7) is 6.98. The van der Waals surface area contributed by atoms with Crippen LogP contribution in [0.5, 0.6) is 0 Å². The van der Waals surface area contributed by atoms with E-state index in [1.54, 1.807) is 17.5 Å². The van der Waals surface area contributed by atoms with Crippen LogP contribution >= 0.6 is 11.3 Å². The van der Waals surface area contributed by atoms with Crippen molar-refractivity contribution in [1.82, 2.24) is 4.98 Å². The van der Waals surface area contributed by atoms with Crippen LogP contribution in [0.3, 0.4) is 0 Å². The smallest absolute Gasteiger partial charge is 0.323 e. The predicted octanol–water partition coefficient (Wildman–Crippen LogP) is 6.91. The Morgan fingerprint density at radius 3 is 2.50 bits per heavy atom. The molecule has 0 radical (unpaired) electrons. The van der Waals surface area contributed by atoms with Gasteiger partial charge in [-0.3, -0.25) is 0 Å². The van der Waals surface area contributed by atoms with Gasteiger partial charge in [-0.05, 0) is 67.6 Å². The number of anilines is 3. The molecule has 7 nitrogen and oxygen atoms in total. The summed E-state index contributed by atoms with van der Waals surface area (Å²) in [4.78, 5) is 16.8. The maximum absolute atomic E-state index is 12.4. The summed E-state index contributed by atoms with van der Waals surface area (Å²) in [5.74, 6) is 0.476. The second-order valence-corrected chi connectivity index (χ2v) is 9.00. The molecule has 0 aliphatic heterocycles. The number of aryl methyl sites for hydroxylation is 1. The van der Waals surface area contributed by atoms with E-state index in [4.69, 9.17) is 15.2 Å². The molecule has 0 unspecified atom stereocenters. The number of ether oxygens (including phenoxy) is 2. The maximum atomic E-state index is 12.4. The molecule has 0 fully saturated rings. The maximum Gasteiger partial charge on any atom is 0.323 e. The number of benzene rings is 2. The molecule has 36 heavy (non-hydrogen) atoms. The standard InChI is InChI=1S/C28H30N4O3S/c1-4-34-24(35-5-2)14-11-20-16-30-27(29)25-23(17-36-26(20)25)19-9-12-21(13-10-19)31-28(33)32-22-8-6-7-18(3)15-22/h6-17,24H,4-5H2,1-3H3,(H2,29,30)(H2,31,32,33). The third-order valence-electron chi connectivity index (χ3n) is 5.48. The van der Waals surface area contributed by atoms with Crippen molar-refractivity contribution in [2.75, 3.05) is 29.6 Å². The van der Waals surface area contributed by atoms with Crippen molar-refractivity contribution >= 4 is 50.7 Å². The fraction of sp³-hybridized carbons (Fsp3) is 0.214. The highest BCUT2D eigenvalue weighted by Gasteiger charge is 2.14. The number of fused-ring (bicyclic) bond motifs is 1. The van der Waals surface area contributed by atoms with E-state index in [2.05, 4.69) is 21.0 Å². The first-order valence-electron chi connectivity index (χ1n) is 11.8. The average Bonchev–Trinajstić information content (AvgIpc) is 3.31. The number of nitrogen functional groups attached to an aromatic ring is 1. The number of nitrogens with one attached hydrogen (secondary N) is 2. The van der Waals surface area contributed by atoms with Crippen LogP contribution in [0.15, 0.2) is 66.2 Å². The number of thiophene rings is 1. The Balaban J connectivity index is 1.53. The van der Waals surface area contributed by atoms with Gasteiger partial charge in [-0.15, -0.1) is 11.3 Å². The number of hydrogen-bond donors (Lipinski definition) is 3. The molecule has 0 bridgehead atoms. The van der Waals surface area contributed by atoms with Crippen molar-refractivity contribution in [1.29, 1.82) is 0 Å². The van der Waals surface area contributed by atoms with Gasteiger partial charge in [-0.25, -0.2) is 9.78 Å². The van der Waals surface area contributed by atoms with E-state index in [0.29, 0.717) is 24.7 Å². The number of aromatic nitrogens is 1. The van der Waals surface area contributed by atoms with Crippen molar-refractivity contribution < 1.29 is 14.3 Å². The zero-order valence-electron chi connectivity index (χ0n) is 20.6. The summed E-state index contributed by atoms with van der Waals surface area (Å²) in [6.07, 6.45) is 5.21. The van der Waals surface area contributed by atoms with E-state index in [9.17, 15) is 4.79 Å². The van der Waals surface area contributed by atoms with E-state index in [-0.39, 0.29) is 6.03 Å². The number of carbonyl (C=O) groups is 1. The number of nitrogens with zero attached hydrogens (tertiary/aromatic N) is 1. The van der Waals surface area contributed by atoms with Crippen LogP contribution in [-0.2, 0) is 9.47 Å². The molecule has 0 saturated carbocycles. The van der Waals surface area contributed by atoms with Crippen LogP contribution in [0, 0.1) is 6.92 Å². The van der Waals surface area contributed by atoms with Gasteiger partial charge in [0.05, 0.1) is 0 Å². The van der Waals surface area contributed by atoms with E-state index in [1.807, 2.05) is 81.5 Å². The molecule has 8 heteroatoms. The van der Waals surface area contributed by atoms with Gasteiger partial charge in [0, 0.05) is 52.0 Å². The van der Waals surface area contributed by atoms with Gasteiger partial charge in [0.15, 0.2) is 6.29 Å². The second kappa shape index (κ2) is 11.8. The monoisotopic (exact) mass is 502 g/mol. The zero-order chi connectivity index (χ0) is 25.5. The third kappa shape index (κ3) is 6.09. The molecule has 4 aromatic rings. The first-order valence-corrected chi connectivity index (χ1v) is 12.7. The fourth-order valence-electron chi connectivity index (χ4n) is 3.84. The number of pyridine rings is 1. The molecule has 0 spiro atoms. The molecule has 0 atom stereocenters. The summed E-state index contributed by atoms with van der Waals surface area (Å²) in [7, 11) is 0. The lowest BCUT2D eigenvalue weighted by Gasteiger charge is -2.12. The summed E-state index contributed by atoms with van der Waals surface area (Å²) in [5.41, 5.74) is 11.7. The van der Waals surface area contributed by atoms with Crippen LogP contribution in [0.1, 0.15) is 25.0 Å². The quantitative estimate of drug-likeness (QED) is 0.216. The highest BCUT2D eigenvalue weighted by molar-refractivity contribution is 7.18. The van der Waals surface area contributed by atoms with Crippen LogP contribution in [0.25, 0.3) is 27.3 Å². The number of urea groups is 1. The molecule has 0 saturated heterocycles. The van der Waals surface area contributed by atoms with Crippen LogP contribution in [-0.4, -0.2) is 30.5 Å². The summed E-state index contributed by atoms with van der Waals surface area (Å²) >= 11 is 1.61. The lowest BCUT2D eigenvalue weighted by atomic mass is 10.0. The highest BCUT2D eigenvalue weighted by atomic mass is 32.1. The lowest BCUT2D eigenvalue weighted by Crippen LogP contribution is -2.19. The van der Waals surface area contributed by atoms with Gasteiger partial charge in [0.2, 0.25) is 0 Å². The fourth-order valence-corrected chi connectivity index (χ4v) is 4.92. The number of carbonyl (C=O) groups excluding carboxylic acids is 1. The van der Waals surface area contributed by atoms with E-state index in [1.165, 1.54) is 0 Å². The Morgan fingerprint density at radius 1 is 1.08 bits per heavy atom. The SMILES string of the molecule is CCOC(C=Cc1cnc(N)c2c(-c3ccc(NC(=O)Nc4cccc(C)c4)cc3)csc12)OCC. The molecular formula is C28H30N4O3S. The van der Waals surface area contributed by atoms with Gasteiger partial charge in [-0.2, -0.15) is 0 Å². The highest BCUT2D eigenvalue weighted by Crippen LogP contribution is 2.39. The average molecular weight is 503 g/mol. The number of rotatable bonds is 9. The Kier molecular flexibility index (Phi) is 8.32. The van der Waals surface area contributed by atoms with E-state index >= 15 is 0 Å². The molecule has 4 rings (SSSR count). The normalized spacial score (nSPS) is 11.4. The topological polar surface area (TPSA) is 98.5 Å². The minimum Gasteiger partial charge on any atom is -0.383 e. The minimum atomic E-state index is -0.407. The minimum absolute atomic E-state index is 0.295. The molecule has 2 heterocycles. The van der Waals surface area contributed by atoms with Gasteiger partial charge < -0.3 is 25.8 Å². The third-order valence-corrected chi connectivity index (χ3v) is 6.51. The van der Waals surface area contributed by atoms with Gasteiger partial charge >= 0.3 is 6.03 Å². The van der Waals surface area contributed by atoms with Gasteiger partial charge in [-0.1, -0.05) is 30.3 Å². The first-order chi connectivity index (χ1) is 17.5. The Labute approximate surface area is 215 Å². The van der Waals surface area contributed by atoms with Crippen molar-refractivity contribution in [3.8, 4) is 11.1 Å². The molecule has 0 aliphatic rings. The van der Waals surface area contributed by atoms with Crippen LogP contribution < -0.4 is 16.4 Å². The summed E-state index contributed by atoms with van der Waals surface area (Å²) in [5, 5.41) is 8.71. The zero-order valence-corrected chi connectivity index (χ0v) is 21.4. The molecule has 0 aliphatic carbocycles. The lowest BCUT2D eigenvalue weighted by molar-refractivity contribution is -0.103. The van der Waals surface area contributed by atoms with E-state index < -0.39 is 6.29 Å². The molecule has 4 N–H and O–H groups in total. The predicted molar refractivity (Wildman–Crippen MR) is 149 cm³/mol. The largest absolute Gasteiger partial charge is 0.383 e. The van der Waals surface area contributed by atoms with Crippen molar-refractivity contribution in [2.45, 2.75) is 27.1 Å². The second-order valence-electron chi connectivity index (χ2n) is 8.12. The van der Waals surface area contributed by atoms with Crippen LogP contribution in [0.4, 0.5) is 22.0 Å². The summed E-state index contributed by atoms with van der Waals surface area (Å²) < 4.78 is 12.3. The van der Waals surface area contributed by atoms with Gasteiger partial charge in [0.25, 0.3) is 0 Å². The number of hydrogen-bond acceptors (Lipinski definition) is 6. The molecule has 2 aromatic heterocycles. The molecule has 2 amide bonds. The molecule has 2 aromatic carbocycles. The van der Waals surface area contributed by atoms with Crippen molar-refractivity contribution in [3.63, 3.8) is 0 Å².